The summed E-state index contributed by atoms with van der Waals surface area (Å²) in [5, 5.41) is 3.44. The van der Waals surface area contributed by atoms with Crippen molar-refractivity contribution in [2.24, 2.45) is 0 Å². The number of carbonyl (C=O) groups excluding carboxylic acids is 1. The van der Waals surface area contributed by atoms with Crippen LogP contribution >= 0.6 is 11.3 Å². The lowest BCUT2D eigenvalue weighted by molar-refractivity contribution is 0.102. The number of nitrogens with one attached hydrogen (secondary N) is 1. The number of carbonyl (C=O) groups is 1. The molecule has 1 N–H and O–H groups in total. The largest absolute Gasteiger partial charge is 0.497 e. The maximum Gasteiger partial charge on any atom is 0.261 e. The average molecular weight is 417 g/mol. The van der Waals surface area contributed by atoms with Crippen molar-refractivity contribution >= 4 is 22.4 Å². The molecule has 0 aliphatic carbocycles. The van der Waals surface area contributed by atoms with Gasteiger partial charge in [-0.15, -0.1) is 11.3 Å². The first kappa shape index (κ1) is 19.7. The fourth-order valence-electron chi connectivity index (χ4n) is 2.99. The van der Waals surface area contributed by atoms with Gasteiger partial charge in [-0.2, -0.15) is 0 Å². The van der Waals surface area contributed by atoms with Gasteiger partial charge in [0.05, 0.1) is 18.4 Å². The number of nitrogens with zero attached hydrogens (tertiary/aromatic N) is 1. The van der Waals surface area contributed by atoms with Crippen molar-refractivity contribution in [3.8, 4) is 28.5 Å². The molecule has 0 atom stereocenters. The van der Waals surface area contributed by atoms with Gasteiger partial charge in [-0.1, -0.05) is 30.3 Å². The summed E-state index contributed by atoms with van der Waals surface area (Å²) < 4.78 is 11.1. The number of anilines is 1. The average Bonchev–Trinajstić information content (AvgIpc) is 3.14. The molecule has 0 saturated heterocycles. The summed E-state index contributed by atoms with van der Waals surface area (Å²) in [6.45, 7) is 1.99. The van der Waals surface area contributed by atoms with Crippen LogP contribution in [0.3, 0.4) is 0 Å². The molecule has 6 heteroatoms. The Bertz CT molecular complexity index is 1150. The number of ether oxygens (including phenoxy) is 2. The van der Waals surface area contributed by atoms with Crippen LogP contribution in [0.15, 0.2) is 78.9 Å². The summed E-state index contributed by atoms with van der Waals surface area (Å²) in [6, 6.07) is 24.2. The van der Waals surface area contributed by atoms with Crippen LogP contribution in [0.2, 0.25) is 0 Å². The SMILES string of the molecule is COc1ccc(-c2nc(NC(=O)c3ccccc3Oc3ccccc3)sc2C)cc1. The van der Waals surface area contributed by atoms with Gasteiger partial charge in [-0.25, -0.2) is 4.98 Å². The minimum atomic E-state index is -0.267. The maximum absolute atomic E-state index is 12.9. The summed E-state index contributed by atoms with van der Waals surface area (Å²) in [4.78, 5) is 18.6. The predicted octanol–water partition coefficient (Wildman–Crippen LogP) is 6.17. The fraction of sp³-hybridized carbons (Fsp3) is 0.0833. The Balaban J connectivity index is 1.55. The van der Waals surface area contributed by atoms with E-state index in [9.17, 15) is 4.79 Å². The number of benzene rings is 3. The third kappa shape index (κ3) is 4.34. The fourth-order valence-corrected chi connectivity index (χ4v) is 3.82. The highest BCUT2D eigenvalue weighted by Crippen LogP contribution is 2.32. The minimum absolute atomic E-state index is 0.267. The minimum Gasteiger partial charge on any atom is -0.497 e. The van der Waals surface area contributed by atoms with Crippen molar-refractivity contribution in [2.45, 2.75) is 6.92 Å². The van der Waals surface area contributed by atoms with Gasteiger partial charge in [-0.3, -0.25) is 10.1 Å². The standard InChI is InChI=1S/C24H20N2O3S/c1-16-22(17-12-14-18(28-2)15-13-17)25-24(30-16)26-23(27)20-10-6-7-11-21(20)29-19-8-4-3-5-9-19/h3-15H,1-2H3,(H,25,26,27). The Hall–Kier alpha value is -3.64. The highest BCUT2D eigenvalue weighted by Gasteiger charge is 2.16. The van der Waals surface area contributed by atoms with Crippen molar-refractivity contribution in [3.05, 3.63) is 89.3 Å². The summed E-state index contributed by atoms with van der Waals surface area (Å²) in [5.41, 5.74) is 2.25. The van der Waals surface area contributed by atoms with Gasteiger partial charge < -0.3 is 9.47 Å². The number of rotatable bonds is 6. The number of methoxy groups -OCH3 is 1. The Labute approximate surface area is 178 Å². The van der Waals surface area contributed by atoms with Crippen LogP contribution in [0.25, 0.3) is 11.3 Å². The van der Waals surface area contributed by atoms with Gasteiger partial charge in [0.25, 0.3) is 5.91 Å². The molecule has 0 bridgehead atoms. The quantitative estimate of drug-likeness (QED) is 0.408. The molecule has 0 fully saturated rings. The van der Waals surface area contributed by atoms with Crippen LogP contribution in [-0.4, -0.2) is 18.0 Å². The zero-order valence-corrected chi connectivity index (χ0v) is 17.4. The zero-order chi connectivity index (χ0) is 20.9. The van der Waals surface area contributed by atoms with Crippen LogP contribution in [0, 0.1) is 6.92 Å². The number of thiazole rings is 1. The normalized spacial score (nSPS) is 10.5. The molecule has 1 heterocycles. The molecule has 0 spiro atoms. The van der Waals surface area contributed by atoms with Crippen molar-refractivity contribution in [3.63, 3.8) is 0 Å². The molecular weight excluding hydrogens is 396 g/mol. The molecule has 0 unspecified atom stereocenters. The van der Waals surface area contributed by atoms with Crippen LogP contribution in [0.5, 0.6) is 17.2 Å². The maximum atomic E-state index is 12.9. The van der Waals surface area contributed by atoms with E-state index < -0.39 is 0 Å². The number of hydrogen-bond acceptors (Lipinski definition) is 5. The highest BCUT2D eigenvalue weighted by atomic mass is 32.1. The van der Waals surface area contributed by atoms with E-state index in [1.807, 2.05) is 73.7 Å². The molecule has 5 nitrogen and oxygen atoms in total. The number of hydrogen-bond donors (Lipinski definition) is 1. The van der Waals surface area contributed by atoms with Gasteiger partial charge in [0.2, 0.25) is 0 Å². The van der Waals surface area contributed by atoms with Crippen molar-refractivity contribution in [1.82, 2.24) is 4.98 Å². The van der Waals surface area contributed by atoms with Crippen molar-refractivity contribution in [2.75, 3.05) is 12.4 Å². The van der Waals surface area contributed by atoms with Crippen LogP contribution in [-0.2, 0) is 0 Å². The molecular formula is C24H20N2O3S. The van der Waals surface area contributed by atoms with Gasteiger partial charge in [-0.05, 0) is 55.5 Å². The van der Waals surface area contributed by atoms with E-state index in [0.717, 1.165) is 21.9 Å². The van der Waals surface area contributed by atoms with Gasteiger partial charge in [0, 0.05) is 10.4 Å². The van der Waals surface area contributed by atoms with E-state index in [2.05, 4.69) is 10.3 Å². The van der Waals surface area contributed by atoms with Crippen molar-refractivity contribution < 1.29 is 14.3 Å². The molecule has 4 aromatic rings. The smallest absolute Gasteiger partial charge is 0.261 e. The molecule has 3 aromatic carbocycles. The van der Waals surface area contributed by atoms with E-state index in [1.54, 1.807) is 19.2 Å². The third-order valence-electron chi connectivity index (χ3n) is 4.48. The van der Waals surface area contributed by atoms with E-state index in [4.69, 9.17) is 9.47 Å². The lowest BCUT2D eigenvalue weighted by Gasteiger charge is -2.10. The second kappa shape index (κ2) is 8.80. The van der Waals surface area contributed by atoms with Crippen LogP contribution in [0.4, 0.5) is 5.13 Å². The van der Waals surface area contributed by atoms with E-state index >= 15 is 0 Å². The number of para-hydroxylation sites is 2. The van der Waals surface area contributed by atoms with Crippen LogP contribution in [0.1, 0.15) is 15.2 Å². The number of aryl methyl sites for hydroxylation is 1. The summed E-state index contributed by atoms with van der Waals surface area (Å²) in [5.74, 6) is 1.68. The van der Waals surface area contributed by atoms with Gasteiger partial charge >= 0.3 is 0 Å². The first-order chi connectivity index (χ1) is 14.6. The van der Waals surface area contributed by atoms with E-state index in [1.165, 1.54) is 11.3 Å². The highest BCUT2D eigenvalue weighted by molar-refractivity contribution is 7.16. The molecule has 4 rings (SSSR count). The zero-order valence-electron chi connectivity index (χ0n) is 16.6. The molecule has 0 aliphatic rings. The first-order valence-corrected chi connectivity index (χ1v) is 10.2. The Kier molecular flexibility index (Phi) is 5.77. The Morgan fingerprint density at radius 3 is 2.33 bits per heavy atom. The summed E-state index contributed by atoms with van der Waals surface area (Å²) >= 11 is 1.44. The monoisotopic (exact) mass is 416 g/mol. The van der Waals surface area contributed by atoms with Crippen LogP contribution < -0.4 is 14.8 Å². The molecule has 1 amide bonds. The lowest BCUT2D eigenvalue weighted by atomic mass is 10.1. The number of amides is 1. The number of aromatic nitrogens is 1. The summed E-state index contributed by atoms with van der Waals surface area (Å²) in [6.07, 6.45) is 0. The molecule has 0 aliphatic heterocycles. The molecule has 0 saturated carbocycles. The van der Waals surface area contributed by atoms with Gasteiger partial charge in [0.1, 0.15) is 17.2 Å². The molecule has 30 heavy (non-hydrogen) atoms. The Morgan fingerprint density at radius 2 is 1.60 bits per heavy atom. The first-order valence-electron chi connectivity index (χ1n) is 9.39. The summed E-state index contributed by atoms with van der Waals surface area (Å²) in [7, 11) is 1.64. The van der Waals surface area contributed by atoms with E-state index in [-0.39, 0.29) is 5.91 Å². The second-order valence-electron chi connectivity index (χ2n) is 6.52. The molecule has 1 aromatic heterocycles. The van der Waals surface area contributed by atoms with Gasteiger partial charge in [0.15, 0.2) is 5.13 Å². The molecule has 150 valence electrons. The second-order valence-corrected chi connectivity index (χ2v) is 7.72. The van der Waals surface area contributed by atoms with Crippen molar-refractivity contribution in [1.29, 1.82) is 0 Å². The Morgan fingerprint density at radius 1 is 0.900 bits per heavy atom. The lowest BCUT2D eigenvalue weighted by Crippen LogP contribution is -2.12. The predicted molar refractivity (Wildman–Crippen MR) is 120 cm³/mol. The van der Waals surface area contributed by atoms with E-state index in [0.29, 0.717) is 22.2 Å². The topological polar surface area (TPSA) is 60.5 Å². The third-order valence-corrected chi connectivity index (χ3v) is 5.37. The molecule has 0 radical (unpaired) electrons.